The summed E-state index contributed by atoms with van der Waals surface area (Å²) in [6.07, 6.45) is 3.84. The standard InChI is InChI=1S/C23H33N2O2/c1-4-10-25-17-11-14(13(5-2)22(25)27)19-18(25)12-23(21(19)26)15-8-6-7-9-16(15)24(3)20(17)23/h6-9,13-14,17-22,26-27H,4-5,10-12H2,1-3H3/q+1/t13-,14-,17+,18+,19?,20-,21-,22+,23-,25?/m0/s1. The molecule has 4 saturated heterocycles. The third-order valence-corrected chi connectivity index (χ3v) is 9.73. The zero-order valence-corrected chi connectivity index (χ0v) is 16.8. The molecule has 0 amide bonds. The first-order valence-corrected chi connectivity index (χ1v) is 11.1. The van der Waals surface area contributed by atoms with Crippen molar-refractivity contribution in [2.24, 2.45) is 17.8 Å². The number of nitrogens with zero attached hydrogens (tertiary/aromatic N) is 2. The molecule has 5 aliphatic heterocycles. The van der Waals surface area contributed by atoms with Crippen LogP contribution < -0.4 is 4.90 Å². The van der Waals surface area contributed by atoms with Gasteiger partial charge in [0, 0.05) is 37.4 Å². The molecule has 27 heavy (non-hydrogen) atoms. The minimum Gasteiger partial charge on any atom is -0.392 e. The molecule has 146 valence electrons. The van der Waals surface area contributed by atoms with Crippen molar-refractivity contribution in [3.8, 4) is 0 Å². The van der Waals surface area contributed by atoms with E-state index in [1.165, 1.54) is 17.7 Å². The van der Waals surface area contributed by atoms with Gasteiger partial charge in [-0.3, -0.25) is 4.48 Å². The Morgan fingerprint density at radius 3 is 2.70 bits per heavy atom. The van der Waals surface area contributed by atoms with Crippen molar-refractivity contribution in [3.05, 3.63) is 29.8 Å². The van der Waals surface area contributed by atoms with E-state index < -0.39 is 0 Å². The third kappa shape index (κ3) is 1.51. The first-order valence-electron chi connectivity index (χ1n) is 11.1. The summed E-state index contributed by atoms with van der Waals surface area (Å²) >= 11 is 0. The van der Waals surface area contributed by atoms with E-state index in [1.807, 2.05) is 0 Å². The van der Waals surface area contributed by atoms with Crippen molar-refractivity contribution >= 4 is 5.69 Å². The van der Waals surface area contributed by atoms with Crippen molar-refractivity contribution in [3.63, 3.8) is 0 Å². The van der Waals surface area contributed by atoms with Crippen LogP contribution in [0.15, 0.2) is 24.3 Å². The highest BCUT2D eigenvalue weighted by Gasteiger charge is 2.82. The summed E-state index contributed by atoms with van der Waals surface area (Å²) in [5, 5.41) is 23.6. The van der Waals surface area contributed by atoms with Crippen LogP contribution in [0.25, 0.3) is 0 Å². The van der Waals surface area contributed by atoms with Crippen molar-refractivity contribution in [1.29, 1.82) is 0 Å². The Bertz CT molecular complexity index is 798. The monoisotopic (exact) mass is 369 g/mol. The van der Waals surface area contributed by atoms with Crippen molar-refractivity contribution in [2.75, 3.05) is 18.5 Å². The van der Waals surface area contributed by atoms with Crippen molar-refractivity contribution in [2.45, 2.75) is 75.4 Å². The van der Waals surface area contributed by atoms with Gasteiger partial charge in [0.1, 0.15) is 6.04 Å². The largest absolute Gasteiger partial charge is 0.392 e. The highest BCUT2D eigenvalue weighted by molar-refractivity contribution is 5.66. The number of hydrogen-bond donors (Lipinski definition) is 2. The Morgan fingerprint density at radius 1 is 1.19 bits per heavy atom. The van der Waals surface area contributed by atoms with Gasteiger partial charge in [-0.2, -0.15) is 0 Å². The summed E-state index contributed by atoms with van der Waals surface area (Å²) in [7, 11) is 2.23. The van der Waals surface area contributed by atoms with E-state index in [0.29, 0.717) is 35.9 Å². The Morgan fingerprint density at radius 2 is 1.96 bits per heavy atom. The molecule has 0 radical (unpaired) electrons. The number of fused-ring (bicyclic) bond motifs is 2. The number of rotatable bonds is 3. The van der Waals surface area contributed by atoms with E-state index in [9.17, 15) is 10.2 Å². The van der Waals surface area contributed by atoms with Crippen LogP contribution in [0.3, 0.4) is 0 Å². The lowest BCUT2D eigenvalue weighted by Crippen LogP contribution is -2.83. The van der Waals surface area contributed by atoms with E-state index in [-0.39, 0.29) is 17.7 Å². The first kappa shape index (κ1) is 16.8. The lowest BCUT2D eigenvalue weighted by atomic mass is 9.60. The van der Waals surface area contributed by atoms with E-state index in [4.69, 9.17) is 0 Å². The zero-order valence-electron chi connectivity index (χ0n) is 16.8. The number of aliphatic hydroxyl groups excluding tert-OH is 2. The normalized spacial score (nSPS) is 53.7. The number of likely N-dealkylation sites (N-methyl/N-ethyl adjacent to an activating group) is 1. The van der Waals surface area contributed by atoms with Gasteiger partial charge in [0.15, 0.2) is 6.23 Å². The van der Waals surface area contributed by atoms with Gasteiger partial charge >= 0.3 is 0 Å². The zero-order chi connectivity index (χ0) is 18.7. The van der Waals surface area contributed by atoms with Crippen LogP contribution in [0.2, 0.25) is 0 Å². The van der Waals surface area contributed by atoms with Gasteiger partial charge in [-0.05, 0) is 30.4 Å². The quantitative estimate of drug-likeness (QED) is 0.805. The molecule has 1 saturated carbocycles. The average Bonchev–Trinajstić information content (AvgIpc) is 3.06. The predicted octanol–water partition coefficient (Wildman–Crippen LogP) is 2.48. The molecule has 1 aromatic carbocycles. The Balaban J connectivity index is 1.62. The maximum Gasteiger partial charge on any atom is 0.194 e. The molecule has 5 heterocycles. The van der Waals surface area contributed by atoms with Crippen LogP contribution in [0.4, 0.5) is 5.69 Å². The van der Waals surface area contributed by atoms with Gasteiger partial charge in [0.25, 0.3) is 0 Å². The highest BCUT2D eigenvalue weighted by Crippen LogP contribution is 2.71. The number of para-hydroxylation sites is 1. The molecule has 5 bridgehead atoms. The number of quaternary nitrogens is 1. The molecule has 1 aliphatic carbocycles. The van der Waals surface area contributed by atoms with Crippen LogP contribution in [0, 0.1) is 17.8 Å². The van der Waals surface area contributed by atoms with E-state index in [1.54, 1.807) is 0 Å². The van der Waals surface area contributed by atoms with Crippen molar-refractivity contribution < 1.29 is 14.7 Å². The summed E-state index contributed by atoms with van der Waals surface area (Å²) in [6, 6.07) is 9.97. The van der Waals surface area contributed by atoms with Crippen LogP contribution in [-0.2, 0) is 5.41 Å². The van der Waals surface area contributed by atoms with E-state index in [0.717, 1.165) is 30.3 Å². The molecule has 10 atom stereocenters. The Hall–Kier alpha value is -1.10. The maximum absolute atomic E-state index is 11.9. The smallest absolute Gasteiger partial charge is 0.194 e. The number of hydrogen-bond acceptors (Lipinski definition) is 3. The molecule has 2 N–H and O–H groups in total. The van der Waals surface area contributed by atoms with Gasteiger partial charge in [-0.25, -0.2) is 0 Å². The van der Waals surface area contributed by atoms with Gasteiger partial charge < -0.3 is 15.1 Å². The second-order valence-electron chi connectivity index (χ2n) is 10.1. The number of benzene rings is 1. The van der Waals surface area contributed by atoms with Gasteiger partial charge in [0.05, 0.1) is 30.1 Å². The molecule has 4 nitrogen and oxygen atoms in total. The molecule has 6 aliphatic rings. The predicted molar refractivity (Wildman–Crippen MR) is 105 cm³/mol. The SMILES string of the molecule is CCC[N+]12[C@@H]3C[C@]45c6ccccc6N(C)[C@H]4[C@H]1C[C@H](C3[C@@H]5O)[C@H](CC)[C@H]2O. The topological polar surface area (TPSA) is 43.7 Å². The molecular weight excluding hydrogens is 336 g/mol. The molecular formula is C23H33N2O2+. The summed E-state index contributed by atoms with van der Waals surface area (Å²) < 4.78 is 0.873. The fourth-order valence-corrected chi connectivity index (χ4v) is 9.23. The molecule has 2 unspecified atom stereocenters. The molecule has 7 rings (SSSR count). The fourth-order valence-electron chi connectivity index (χ4n) is 9.23. The summed E-state index contributed by atoms with van der Waals surface area (Å²) in [6.45, 7) is 5.56. The second-order valence-corrected chi connectivity index (χ2v) is 10.1. The van der Waals surface area contributed by atoms with Crippen LogP contribution in [-0.4, -0.2) is 58.7 Å². The minimum absolute atomic E-state index is 0.127. The van der Waals surface area contributed by atoms with Gasteiger partial charge in [-0.15, -0.1) is 0 Å². The van der Waals surface area contributed by atoms with E-state index in [2.05, 4.69) is 50.1 Å². The lowest BCUT2D eigenvalue weighted by Gasteiger charge is -2.68. The van der Waals surface area contributed by atoms with Crippen LogP contribution in [0.5, 0.6) is 0 Å². The Labute approximate surface area is 162 Å². The number of aliphatic hydroxyl groups is 2. The summed E-state index contributed by atoms with van der Waals surface area (Å²) in [5.41, 5.74) is 2.56. The maximum atomic E-state index is 11.9. The van der Waals surface area contributed by atoms with Crippen LogP contribution >= 0.6 is 0 Å². The average molecular weight is 370 g/mol. The number of anilines is 1. The molecule has 1 spiro atoms. The molecule has 5 fully saturated rings. The molecule has 1 aromatic rings. The van der Waals surface area contributed by atoms with Gasteiger partial charge in [-0.1, -0.05) is 32.0 Å². The highest BCUT2D eigenvalue weighted by atomic mass is 16.3. The molecule has 0 aromatic heterocycles. The minimum atomic E-state index is -0.271. The van der Waals surface area contributed by atoms with Crippen molar-refractivity contribution in [1.82, 2.24) is 0 Å². The summed E-state index contributed by atoms with van der Waals surface area (Å²) in [5.74, 6) is 1.18. The lowest BCUT2D eigenvalue weighted by molar-refractivity contribution is -1.04. The van der Waals surface area contributed by atoms with Crippen LogP contribution in [0.1, 0.15) is 45.1 Å². The second kappa shape index (κ2) is 5.08. The van der Waals surface area contributed by atoms with Gasteiger partial charge in [0.2, 0.25) is 0 Å². The molecule has 4 heteroatoms. The first-order chi connectivity index (χ1) is 13.0. The Kier molecular flexibility index (Phi) is 3.17. The number of piperidine rings is 4. The third-order valence-electron chi connectivity index (χ3n) is 9.73. The van der Waals surface area contributed by atoms with E-state index >= 15 is 0 Å². The summed E-state index contributed by atoms with van der Waals surface area (Å²) in [4.78, 5) is 2.48. The fraction of sp³-hybridized carbons (Fsp3) is 0.739.